The topological polar surface area (TPSA) is 55.6 Å². The van der Waals surface area contributed by atoms with Gasteiger partial charge in [-0.3, -0.25) is 0 Å². The zero-order chi connectivity index (χ0) is 9.72. The Kier molecular flexibility index (Phi) is 4.18. The van der Waals surface area contributed by atoms with Crippen molar-refractivity contribution < 1.29 is 9.53 Å². The molecular weight excluding hydrogens is 156 g/mol. The summed E-state index contributed by atoms with van der Waals surface area (Å²) in [7, 11) is 3.52. The molecule has 4 nitrogen and oxygen atoms in total. The normalized spacial score (nSPS) is 11.6. The summed E-state index contributed by atoms with van der Waals surface area (Å²) in [4.78, 5) is 12.6. The van der Waals surface area contributed by atoms with Crippen LogP contribution in [0, 0.1) is 0 Å². The Labute approximate surface area is 73.0 Å². The molecule has 0 bridgehead atoms. The highest BCUT2D eigenvalue weighted by molar-refractivity contribution is 5.82. The van der Waals surface area contributed by atoms with Crippen LogP contribution in [0.4, 0.5) is 0 Å². The van der Waals surface area contributed by atoms with Crippen LogP contribution in [0.25, 0.3) is 0 Å². The number of esters is 1. The van der Waals surface area contributed by atoms with Crippen LogP contribution in [-0.2, 0) is 9.53 Å². The maximum Gasteiger partial charge on any atom is 0.334 e. The minimum atomic E-state index is -0.406. The maximum absolute atomic E-state index is 11.0. The van der Waals surface area contributed by atoms with Crippen molar-refractivity contribution in [3.05, 3.63) is 11.9 Å². The molecule has 0 saturated carbocycles. The minimum Gasteiger partial charge on any atom is -0.460 e. The lowest BCUT2D eigenvalue weighted by molar-refractivity contribution is -0.141. The molecule has 4 heteroatoms. The van der Waals surface area contributed by atoms with E-state index in [1.807, 2.05) is 0 Å². The first-order valence-corrected chi connectivity index (χ1v) is 3.78. The van der Waals surface area contributed by atoms with E-state index in [9.17, 15) is 4.79 Å². The van der Waals surface area contributed by atoms with Crippen LogP contribution in [0.2, 0.25) is 0 Å². The molecule has 2 N–H and O–H groups in total. The summed E-state index contributed by atoms with van der Waals surface area (Å²) in [5.74, 6) is -0.0168. The monoisotopic (exact) mass is 172 g/mol. The second-order valence-electron chi connectivity index (χ2n) is 2.95. The summed E-state index contributed by atoms with van der Waals surface area (Å²) in [6.45, 7) is 3.58. The first-order chi connectivity index (χ1) is 5.43. The largest absolute Gasteiger partial charge is 0.460 e. The molecule has 0 spiro atoms. The Bertz CT molecular complexity index is 185. The number of hydrogen-bond donors (Lipinski definition) is 1. The van der Waals surface area contributed by atoms with Gasteiger partial charge in [-0.2, -0.15) is 0 Å². The molecule has 0 aromatic carbocycles. The van der Waals surface area contributed by atoms with Crippen molar-refractivity contribution in [3.8, 4) is 0 Å². The summed E-state index contributed by atoms with van der Waals surface area (Å²) in [6.07, 6.45) is 1.16. The number of carbonyl (C=O) groups is 1. The zero-order valence-corrected chi connectivity index (χ0v) is 8.00. The highest BCUT2D eigenvalue weighted by Gasteiger charge is 2.03. The van der Waals surface area contributed by atoms with Crippen LogP contribution < -0.4 is 5.73 Å². The van der Waals surface area contributed by atoms with Crippen molar-refractivity contribution in [1.29, 1.82) is 0 Å². The van der Waals surface area contributed by atoms with Gasteiger partial charge in [-0.1, -0.05) is 0 Å². The van der Waals surface area contributed by atoms with E-state index >= 15 is 0 Å². The quantitative estimate of drug-likeness (QED) is 0.491. The van der Waals surface area contributed by atoms with Gasteiger partial charge in [0.2, 0.25) is 0 Å². The van der Waals surface area contributed by atoms with Gasteiger partial charge < -0.3 is 15.4 Å². The van der Waals surface area contributed by atoms with Crippen molar-refractivity contribution in [2.24, 2.45) is 5.73 Å². The lowest BCUT2D eigenvalue weighted by Crippen LogP contribution is -2.21. The lowest BCUT2D eigenvalue weighted by Gasteiger charge is -2.12. The molecule has 0 rings (SSSR count). The molecule has 0 aliphatic carbocycles. The first-order valence-electron chi connectivity index (χ1n) is 3.78. The van der Waals surface area contributed by atoms with Crippen molar-refractivity contribution in [1.82, 2.24) is 4.90 Å². The molecule has 0 aliphatic rings. The number of ether oxygens (including phenoxy) is 1. The van der Waals surface area contributed by atoms with E-state index in [4.69, 9.17) is 10.5 Å². The molecule has 0 unspecified atom stereocenters. The molecule has 12 heavy (non-hydrogen) atoms. The fourth-order valence-electron chi connectivity index (χ4n) is 0.516. The number of rotatable bonds is 3. The Morgan fingerprint density at radius 2 is 2.00 bits per heavy atom. The van der Waals surface area contributed by atoms with Gasteiger partial charge in [0.15, 0.2) is 0 Å². The van der Waals surface area contributed by atoms with E-state index in [1.54, 1.807) is 32.8 Å². The van der Waals surface area contributed by atoms with E-state index in [-0.39, 0.29) is 6.10 Å². The van der Waals surface area contributed by atoms with Gasteiger partial charge in [-0.25, -0.2) is 4.79 Å². The van der Waals surface area contributed by atoms with E-state index in [2.05, 4.69) is 0 Å². The van der Waals surface area contributed by atoms with Gasteiger partial charge in [-0.15, -0.1) is 0 Å². The van der Waals surface area contributed by atoms with Gasteiger partial charge in [-0.05, 0) is 13.8 Å². The van der Waals surface area contributed by atoms with Gasteiger partial charge in [0.1, 0.15) is 5.82 Å². The third kappa shape index (κ3) is 4.60. The van der Waals surface area contributed by atoms with Crippen molar-refractivity contribution in [3.63, 3.8) is 0 Å². The molecule has 70 valence electrons. The summed E-state index contributed by atoms with van der Waals surface area (Å²) >= 11 is 0. The van der Waals surface area contributed by atoms with Crippen LogP contribution in [0.5, 0.6) is 0 Å². The van der Waals surface area contributed by atoms with Gasteiger partial charge >= 0.3 is 5.97 Å². The molecule has 0 fully saturated rings. The second kappa shape index (κ2) is 4.64. The van der Waals surface area contributed by atoms with Crippen molar-refractivity contribution in [2.75, 3.05) is 14.1 Å². The smallest absolute Gasteiger partial charge is 0.334 e. The average molecular weight is 172 g/mol. The summed E-state index contributed by atoms with van der Waals surface area (Å²) in [5, 5.41) is 0. The van der Waals surface area contributed by atoms with E-state index in [1.165, 1.54) is 6.08 Å². The third-order valence-corrected chi connectivity index (χ3v) is 1.13. The summed E-state index contributed by atoms with van der Waals surface area (Å²) in [5.41, 5.74) is 5.48. The number of nitrogens with two attached hydrogens (primary N) is 1. The third-order valence-electron chi connectivity index (χ3n) is 1.13. The van der Waals surface area contributed by atoms with Crippen LogP contribution in [0.3, 0.4) is 0 Å². The summed E-state index contributed by atoms with van der Waals surface area (Å²) < 4.78 is 4.85. The Morgan fingerprint density at radius 1 is 1.50 bits per heavy atom. The van der Waals surface area contributed by atoms with E-state index < -0.39 is 5.97 Å². The molecule has 0 aromatic rings. The standard InChI is InChI=1S/C8H16N2O2/c1-6(2)12-8(11)5-7(9)10(3)4/h5-6H,9H2,1-4H3. The predicted octanol–water partition coefficient (Wildman–Crippen LogP) is 0.300. The second-order valence-corrected chi connectivity index (χ2v) is 2.95. The lowest BCUT2D eigenvalue weighted by atomic mass is 10.4. The SMILES string of the molecule is CC(C)OC(=O)C=C(N)N(C)C. The van der Waals surface area contributed by atoms with Crippen LogP contribution >= 0.6 is 0 Å². The van der Waals surface area contributed by atoms with Gasteiger partial charge in [0.05, 0.1) is 12.2 Å². The Balaban J connectivity index is 4.06. The highest BCUT2D eigenvalue weighted by atomic mass is 16.5. The van der Waals surface area contributed by atoms with Crippen molar-refractivity contribution in [2.45, 2.75) is 20.0 Å². The summed E-state index contributed by atoms with van der Waals surface area (Å²) in [6, 6.07) is 0. The molecule has 0 radical (unpaired) electrons. The fraction of sp³-hybridized carbons (Fsp3) is 0.625. The van der Waals surface area contributed by atoms with Crippen LogP contribution in [-0.4, -0.2) is 31.1 Å². The number of carbonyl (C=O) groups excluding carboxylic acids is 1. The Morgan fingerprint density at radius 3 is 2.33 bits per heavy atom. The molecule has 0 heterocycles. The molecular formula is C8H16N2O2. The van der Waals surface area contributed by atoms with Gasteiger partial charge in [0.25, 0.3) is 0 Å². The molecule has 0 saturated heterocycles. The fourth-order valence-corrected chi connectivity index (χ4v) is 0.516. The number of hydrogen-bond acceptors (Lipinski definition) is 4. The molecule has 0 aromatic heterocycles. The predicted molar refractivity (Wildman–Crippen MR) is 47.2 cm³/mol. The van der Waals surface area contributed by atoms with E-state index in [0.29, 0.717) is 5.82 Å². The van der Waals surface area contributed by atoms with Gasteiger partial charge in [0, 0.05) is 14.1 Å². The maximum atomic E-state index is 11.0. The van der Waals surface area contributed by atoms with Crippen LogP contribution in [0.1, 0.15) is 13.8 Å². The highest BCUT2D eigenvalue weighted by Crippen LogP contribution is 1.94. The number of nitrogens with zero attached hydrogens (tertiary/aromatic N) is 1. The van der Waals surface area contributed by atoms with Crippen molar-refractivity contribution >= 4 is 5.97 Å². The molecule has 0 amide bonds. The van der Waals surface area contributed by atoms with E-state index in [0.717, 1.165) is 0 Å². The average Bonchev–Trinajstić information content (AvgIpc) is 1.84. The molecule has 0 atom stereocenters. The molecule has 0 aliphatic heterocycles. The van der Waals surface area contributed by atoms with Crippen LogP contribution in [0.15, 0.2) is 11.9 Å². The Hall–Kier alpha value is -1.19. The zero-order valence-electron chi connectivity index (χ0n) is 8.00. The first kappa shape index (κ1) is 10.8. The minimum absolute atomic E-state index is 0.108.